The molecule has 5 N–H and O–H groups in total. The van der Waals surface area contributed by atoms with Gasteiger partial charge in [0.25, 0.3) is 5.91 Å². The van der Waals surface area contributed by atoms with Gasteiger partial charge in [-0.2, -0.15) is 0 Å². The second-order valence-electron chi connectivity index (χ2n) is 5.98. The van der Waals surface area contributed by atoms with Gasteiger partial charge in [0, 0.05) is 18.5 Å². The fraction of sp³-hybridized carbons (Fsp3) is 0.471. The smallest absolute Gasteiger partial charge is 0.253 e. The van der Waals surface area contributed by atoms with E-state index in [0.717, 1.165) is 0 Å². The Morgan fingerprint density at radius 1 is 1.08 bits per heavy atom. The second kappa shape index (κ2) is 9.75. The van der Waals surface area contributed by atoms with Gasteiger partial charge in [0.15, 0.2) is 0 Å². The molecule has 1 unspecified atom stereocenters. The third kappa shape index (κ3) is 6.90. The first-order valence-electron chi connectivity index (χ1n) is 8.01. The van der Waals surface area contributed by atoms with Crippen molar-refractivity contribution in [2.24, 2.45) is 11.7 Å². The molecule has 25 heavy (non-hydrogen) atoms. The van der Waals surface area contributed by atoms with Crippen LogP contribution in [-0.2, 0) is 19.1 Å². The molecule has 138 valence electrons. The number of hydrogen-bond acceptors (Lipinski definition) is 5. The van der Waals surface area contributed by atoms with Crippen LogP contribution < -0.4 is 21.7 Å². The highest BCUT2D eigenvalue weighted by atomic mass is 16.5. The van der Waals surface area contributed by atoms with Crippen LogP contribution in [0.1, 0.15) is 20.8 Å². The minimum Gasteiger partial charge on any atom is -0.372 e. The third-order valence-electron chi connectivity index (χ3n) is 3.58. The van der Waals surface area contributed by atoms with Crippen LogP contribution in [-0.4, -0.2) is 43.5 Å². The Kier molecular flexibility index (Phi) is 8.03. The monoisotopic (exact) mass is 350 g/mol. The molecule has 0 spiro atoms. The highest BCUT2D eigenvalue weighted by molar-refractivity contribution is 5.97. The zero-order valence-corrected chi connectivity index (χ0v) is 15.0. The van der Waals surface area contributed by atoms with Gasteiger partial charge in [0.2, 0.25) is 11.8 Å². The highest BCUT2D eigenvalue weighted by Crippen LogP contribution is 2.15. The van der Waals surface area contributed by atoms with Gasteiger partial charge in [-0.15, -0.1) is 0 Å². The molecule has 0 radical (unpaired) electrons. The fourth-order valence-corrected chi connectivity index (χ4v) is 1.82. The van der Waals surface area contributed by atoms with Crippen LogP contribution in [0.5, 0.6) is 0 Å². The van der Waals surface area contributed by atoms with Crippen LogP contribution >= 0.6 is 0 Å². The number of carbonyl (C=O) groups excluding carboxylic acids is 3. The maximum atomic E-state index is 11.9. The number of nitrogens with two attached hydrogens (primary N) is 1. The van der Waals surface area contributed by atoms with Crippen LogP contribution in [0.15, 0.2) is 24.3 Å². The summed E-state index contributed by atoms with van der Waals surface area (Å²) in [6.45, 7) is 5.10. The number of benzene rings is 1. The quantitative estimate of drug-likeness (QED) is 0.550. The average molecular weight is 350 g/mol. The zero-order valence-electron chi connectivity index (χ0n) is 15.0. The van der Waals surface area contributed by atoms with E-state index in [2.05, 4.69) is 16.0 Å². The van der Waals surface area contributed by atoms with Crippen molar-refractivity contribution in [3.8, 4) is 0 Å². The average Bonchev–Trinajstić information content (AvgIpc) is 2.58. The lowest BCUT2D eigenvalue weighted by atomic mass is 10.1. The van der Waals surface area contributed by atoms with Crippen molar-refractivity contribution < 1.29 is 19.1 Å². The molecule has 0 saturated carbocycles. The Morgan fingerprint density at radius 2 is 1.68 bits per heavy atom. The molecule has 8 nitrogen and oxygen atoms in total. The van der Waals surface area contributed by atoms with Crippen molar-refractivity contribution in [2.75, 3.05) is 24.3 Å². The Labute approximate surface area is 147 Å². The van der Waals surface area contributed by atoms with Gasteiger partial charge in [-0.3, -0.25) is 14.4 Å². The molecule has 0 aliphatic carbocycles. The number of hydrogen-bond donors (Lipinski definition) is 4. The maximum Gasteiger partial charge on any atom is 0.253 e. The summed E-state index contributed by atoms with van der Waals surface area (Å²) in [5.41, 5.74) is 6.73. The fourth-order valence-electron chi connectivity index (χ4n) is 1.82. The zero-order chi connectivity index (χ0) is 19.0. The number of nitrogens with one attached hydrogen (secondary N) is 3. The van der Waals surface area contributed by atoms with Gasteiger partial charge >= 0.3 is 0 Å². The second-order valence-corrected chi connectivity index (χ2v) is 5.98. The summed E-state index contributed by atoms with van der Waals surface area (Å²) in [6.07, 6.45) is -0.585. The lowest BCUT2D eigenvalue weighted by Gasteiger charge is -2.15. The molecular formula is C17H26N4O4. The molecule has 1 aromatic rings. The van der Waals surface area contributed by atoms with Crippen LogP contribution in [0.2, 0.25) is 0 Å². The molecule has 0 saturated heterocycles. The first kappa shape index (κ1) is 20.6. The van der Waals surface area contributed by atoms with Crippen LogP contribution in [0.25, 0.3) is 0 Å². The standard InChI is InChI=1S/C17H26N4O4/c1-10(2)15(18)17(24)19-9-14(22)20-12-6-5-7-13(8-12)21-16(23)11(3)25-4/h5-8,10-11,15H,9,18H2,1-4H3,(H,19,24)(H,20,22)(H,21,23)/t11?,15-/m0/s1. The summed E-state index contributed by atoms with van der Waals surface area (Å²) in [4.78, 5) is 35.4. The Morgan fingerprint density at radius 3 is 2.24 bits per heavy atom. The molecule has 0 aliphatic rings. The maximum absolute atomic E-state index is 11.9. The minimum absolute atomic E-state index is 0.0159. The van der Waals surface area contributed by atoms with Gasteiger partial charge in [0.05, 0.1) is 12.6 Å². The van der Waals surface area contributed by atoms with Crippen molar-refractivity contribution in [1.82, 2.24) is 5.32 Å². The summed E-state index contributed by atoms with van der Waals surface area (Å²) < 4.78 is 4.94. The first-order valence-corrected chi connectivity index (χ1v) is 8.01. The van der Waals surface area contributed by atoms with Crippen molar-refractivity contribution in [3.63, 3.8) is 0 Å². The van der Waals surface area contributed by atoms with Crippen LogP contribution in [0, 0.1) is 5.92 Å². The van der Waals surface area contributed by atoms with Crippen molar-refractivity contribution in [1.29, 1.82) is 0 Å². The van der Waals surface area contributed by atoms with Crippen molar-refractivity contribution in [2.45, 2.75) is 32.9 Å². The van der Waals surface area contributed by atoms with E-state index in [0.29, 0.717) is 11.4 Å². The molecule has 2 atom stereocenters. The van der Waals surface area contributed by atoms with E-state index in [4.69, 9.17) is 10.5 Å². The number of rotatable bonds is 8. The topological polar surface area (TPSA) is 123 Å². The molecule has 8 heteroatoms. The Bertz CT molecular complexity index is 618. The molecule has 0 aromatic heterocycles. The third-order valence-corrected chi connectivity index (χ3v) is 3.58. The van der Waals surface area contributed by atoms with E-state index in [1.165, 1.54) is 7.11 Å². The summed E-state index contributed by atoms with van der Waals surface area (Å²) in [5.74, 6) is -1.07. The van der Waals surface area contributed by atoms with Gasteiger partial charge in [-0.05, 0) is 31.0 Å². The van der Waals surface area contributed by atoms with E-state index in [-0.39, 0.29) is 24.3 Å². The van der Waals surface area contributed by atoms with Crippen LogP contribution in [0.3, 0.4) is 0 Å². The first-order chi connectivity index (χ1) is 11.7. The number of methoxy groups -OCH3 is 1. The van der Waals surface area contributed by atoms with E-state index in [9.17, 15) is 14.4 Å². The Hall–Kier alpha value is -2.45. The lowest BCUT2D eigenvalue weighted by Crippen LogP contribution is -2.46. The molecule has 0 bridgehead atoms. The van der Waals surface area contributed by atoms with Gasteiger partial charge in [0.1, 0.15) is 6.10 Å². The largest absolute Gasteiger partial charge is 0.372 e. The summed E-state index contributed by atoms with van der Waals surface area (Å²) in [7, 11) is 1.44. The molecule has 0 heterocycles. The normalized spacial score (nSPS) is 13.0. The summed E-state index contributed by atoms with van der Waals surface area (Å²) >= 11 is 0. The molecule has 1 rings (SSSR count). The summed E-state index contributed by atoms with van der Waals surface area (Å²) in [6, 6.07) is 6.01. The lowest BCUT2D eigenvalue weighted by molar-refractivity contribution is -0.125. The predicted octanol–water partition coefficient (Wildman–Crippen LogP) is 0.698. The number of anilines is 2. The molecule has 1 aromatic carbocycles. The van der Waals surface area contributed by atoms with E-state index in [1.807, 2.05) is 13.8 Å². The molecule has 0 fully saturated rings. The van der Waals surface area contributed by atoms with E-state index in [1.54, 1.807) is 31.2 Å². The summed E-state index contributed by atoms with van der Waals surface area (Å²) in [5, 5.41) is 7.82. The van der Waals surface area contributed by atoms with Gasteiger partial charge in [-0.25, -0.2) is 0 Å². The van der Waals surface area contributed by atoms with Crippen LogP contribution in [0.4, 0.5) is 11.4 Å². The van der Waals surface area contributed by atoms with Crippen molar-refractivity contribution in [3.05, 3.63) is 24.3 Å². The van der Waals surface area contributed by atoms with Gasteiger partial charge in [-0.1, -0.05) is 19.9 Å². The number of ether oxygens (including phenoxy) is 1. The molecular weight excluding hydrogens is 324 g/mol. The number of amides is 3. The molecule has 3 amide bonds. The predicted molar refractivity (Wildman–Crippen MR) is 96.0 cm³/mol. The van der Waals surface area contributed by atoms with E-state index >= 15 is 0 Å². The Balaban J connectivity index is 2.56. The highest BCUT2D eigenvalue weighted by Gasteiger charge is 2.17. The van der Waals surface area contributed by atoms with Crippen molar-refractivity contribution >= 4 is 29.1 Å². The molecule has 0 aliphatic heterocycles. The SMILES string of the molecule is COC(C)C(=O)Nc1cccc(NC(=O)CNC(=O)[C@@H](N)C(C)C)c1. The van der Waals surface area contributed by atoms with Gasteiger partial charge < -0.3 is 26.4 Å². The van der Waals surface area contributed by atoms with E-state index < -0.39 is 18.1 Å². The number of carbonyl (C=O) groups is 3. The minimum atomic E-state index is -0.658.